The van der Waals surface area contributed by atoms with Crippen molar-refractivity contribution in [3.63, 3.8) is 0 Å². The predicted octanol–water partition coefficient (Wildman–Crippen LogP) is 5.01. The third-order valence-electron chi connectivity index (χ3n) is 5.40. The minimum Gasteiger partial charge on any atom is -0.459 e. The summed E-state index contributed by atoms with van der Waals surface area (Å²) in [6.45, 7) is 9.10. The molecule has 0 saturated carbocycles. The monoisotopic (exact) mass is 435 g/mol. The summed E-state index contributed by atoms with van der Waals surface area (Å²) in [6, 6.07) is 16.0. The Morgan fingerprint density at radius 2 is 1.84 bits per heavy atom. The molecule has 1 aliphatic heterocycles. The first kappa shape index (κ1) is 21.3. The number of nitrogens with one attached hydrogen (secondary N) is 2. The van der Waals surface area contributed by atoms with Gasteiger partial charge in [-0.25, -0.2) is 4.98 Å². The highest BCUT2D eigenvalue weighted by molar-refractivity contribution is 7.80. The van der Waals surface area contributed by atoms with E-state index in [4.69, 9.17) is 21.6 Å². The molecule has 1 saturated heterocycles. The number of hydrogen-bond donors (Lipinski definition) is 2. The summed E-state index contributed by atoms with van der Waals surface area (Å²) >= 11 is 5.46. The fourth-order valence-corrected chi connectivity index (χ4v) is 4.33. The summed E-state index contributed by atoms with van der Waals surface area (Å²) in [5, 5.41) is 6.77. The quantitative estimate of drug-likeness (QED) is 0.546. The van der Waals surface area contributed by atoms with Gasteiger partial charge in [0.05, 0.1) is 6.54 Å². The van der Waals surface area contributed by atoms with Gasteiger partial charge in [0.25, 0.3) is 0 Å². The minimum absolute atomic E-state index is 0.467. The lowest BCUT2D eigenvalue weighted by molar-refractivity contribution is 0.355. The lowest BCUT2D eigenvalue weighted by Crippen LogP contribution is -2.39. The van der Waals surface area contributed by atoms with E-state index in [0.717, 1.165) is 41.7 Å². The number of nitrogens with zero attached hydrogens (tertiary/aromatic N) is 3. The number of rotatable bonds is 5. The molecule has 2 aromatic heterocycles. The summed E-state index contributed by atoms with van der Waals surface area (Å²) < 4.78 is 5.92. The molecule has 0 bridgehead atoms. The average molecular weight is 436 g/mol. The van der Waals surface area contributed by atoms with Crippen molar-refractivity contribution in [1.82, 2.24) is 15.3 Å². The molecule has 4 rings (SSSR count). The molecule has 2 atom stereocenters. The second-order valence-corrected chi connectivity index (χ2v) is 8.89. The van der Waals surface area contributed by atoms with Crippen molar-refractivity contribution in [2.24, 2.45) is 11.8 Å². The third-order valence-corrected chi connectivity index (χ3v) is 5.65. The molecule has 3 heterocycles. The largest absolute Gasteiger partial charge is 0.459 e. The highest BCUT2D eigenvalue weighted by Gasteiger charge is 2.23. The first-order valence-corrected chi connectivity index (χ1v) is 11.2. The lowest BCUT2D eigenvalue weighted by atomic mass is 9.92. The van der Waals surface area contributed by atoms with Crippen LogP contribution in [0.4, 0.5) is 11.8 Å². The average Bonchev–Trinajstić information content (AvgIpc) is 3.21. The van der Waals surface area contributed by atoms with Gasteiger partial charge in [0.1, 0.15) is 17.3 Å². The van der Waals surface area contributed by atoms with Gasteiger partial charge in [0.15, 0.2) is 5.11 Å². The van der Waals surface area contributed by atoms with Crippen LogP contribution in [0.15, 0.2) is 52.9 Å². The summed E-state index contributed by atoms with van der Waals surface area (Å²) in [5.41, 5.74) is 1.97. The number of anilines is 2. The lowest BCUT2D eigenvalue weighted by Gasteiger charge is -2.36. The number of aromatic nitrogens is 2. The zero-order valence-electron chi connectivity index (χ0n) is 18.3. The molecule has 0 radical (unpaired) electrons. The number of piperidine rings is 1. The standard InChI is InChI=1S/C24H29N5OS/c1-16-11-17(2)15-29(14-16)22-12-18(3)26-23(27-22)28-24(31)25-13-20-9-10-21(30-20)19-7-5-4-6-8-19/h4-10,12,16-17H,11,13-15H2,1-3H3,(H2,25,26,27,28,31)/t16-,17-/m1/s1. The zero-order valence-corrected chi connectivity index (χ0v) is 19.1. The SMILES string of the molecule is Cc1cc(N2C[C@H](C)C[C@@H](C)C2)nc(NC(=S)NCc2ccc(-c3ccccc3)o2)n1. The van der Waals surface area contributed by atoms with Gasteiger partial charge in [-0.05, 0) is 49.5 Å². The van der Waals surface area contributed by atoms with E-state index in [1.807, 2.05) is 55.5 Å². The van der Waals surface area contributed by atoms with Crippen LogP contribution in [0.5, 0.6) is 0 Å². The second kappa shape index (κ2) is 9.47. The molecule has 7 heteroatoms. The van der Waals surface area contributed by atoms with E-state index >= 15 is 0 Å². The Morgan fingerprint density at radius 1 is 1.10 bits per heavy atom. The molecule has 0 aliphatic carbocycles. The number of benzene rings is 1. The van der Waals surface area contributed by atoms with Gasteiger partial charge in [0, 0.05) is 30.4 Å². The highest BCUT2D eigenvalue weighted by Crippen LogP contribution is 2.26. The molecule has 1 aromatic carbocycles. The summed E-state index contributed by atoms with van der Waals surface area (Å²) in [4.78, 5) is 11.6. The Balaban J connectivity index is 1.36. The molecule has 1 fully saturated rings. The Hall–Kier alpha value is -2.93. The normalized spacial score (nSPS) is 18.6. The maximum Gasteiger partial charge on any atom is 0.231 e. The molecule has 162 valence electrons. The molecule has 0 unspecified atom stereocenters. The first-order chi connectivity index (χ1) is 15.0. The van der Waals surface area contributed by atoms with E-state index in [0.29, 0.717) is 29.4 Å². The molecule has 1 aliphatic rings. The van der Waals surface area contributed by atoms with Crippen molar-refractivity contribution < 1.29 is 4.42 Å². The van der Waals surface area contributed by atoms with Gasteiger partial charge in [-0.3, -0.25) is 0 Å². The number of aryl methyl sites for hydroxylation is 1. The molecule has 3 aromatic rings. The van der Waals surface area contributed by atoms with Crippen LogP contribution >= 0.6 is 12.2 Å². The van der Waals surface area contributed by atoms with Gasteiger partial charge in [-0.2, -0.15) is 4.98 Å². The fourth-order valence-electron chi connectivity index (χ4n) is 4.16. The van der Waals surface area contributed by atoms with Crippen molar-refractivity contribution >= 4 is 29.1 Å². The van der Waals surface area contributed by atoms with E-state index < -0.39 is 0 Å². The van der Waals surface area contributed by atoms with Crippen LogP contribution in [0.1, 0.15) is 31.7 Å². The van der Waals surface area contributed by atoms with Gasteiger partial charge in [0.2, 0.25) is 5.95 Å². The van der Waals surface area contributed by atoms with Crippen molar-refractivity contribution in [3.05, 3.63) is 60.0 Å². The van der Waals surface area contributed by atoms with Crippen LogP contribution in [0, 0.1) is 18.8 Å². The smallest absolute Gasteiger partial charge is 0.231 e. The van der Waals surface area contributed by atoms with Crippen LogP contribution < -0.4 is 15.5 Å². The maximum atomic E-state index is 5.92. The summed E-state index contributed by atoms with van der Waals surface area (Å²) in [6.07, 6.45) is 1.26. The van der Waals surface area contributed by atoms with Gasteiger partial charge >= 0.3 is 0 Å². The van der Waals surface area contributed by atoms with Crippen molar-refractivity contribution in [2.45, 2.75) is 33.7 Å². The predicted molar refractivity (Wildman–Crippen MR) is 129 cm³/mol. The van der Waals surface area contributed by atoms with Crippen molar-refractivity contribution in [2.75, 3.05) is 23.3 Å². The Labute approximate surface area is 189 Å². The van der Waals surface area contributed by atoms with Gasteiger partial charge in [-0.1, -0.05) is 44.2 Å². The molecular formula is C24H29N5OS. The van der Waals surface area contributed by atoms with Crippen LogP contribution in [0.2, 0.25) is 0 Å². The van der Waals surface area contributed by atoms with Crippen molar-refractivity contribution in [1.29, 1.82) is 0 Å². The zero-order chi connectivity index (χ0) is 21.8. The third kappa shape index (κ3) is 5.61. The van der Waals surface area contributed by atoms with Crippen LogP contribution in [0.25, 0.3) is 11.3 Å². The van der Waals surface area contributed by atoms with E-state index in [1.54, 1.807) is 0 Å². The molecule has 0 spiro atoms. The molecule has 31 heavy (non-hydrogen) atoms. The first-order valence-electron chi connectivity index (χ1n) is 10.8. The number of thiocarbonyl (C=S) groups is 1. The Kier molecular flexibility index (Phi) is 6.51. The summed E-state index contributed by atoms with van der Waals surface area (Å²) in [7, 11) is 0. The topological polar surface area (TPSA) is 66.2 Å². The van der Waals surface area contributed by atoms with Crippen molar-refractivity contribution in [3.8, 4) is 11.3 Å². The maximum absolute atomic E-state index is 5.92. The van der Waals surface area contributed by atoms with E-state index in [9.17, 15) is 0 Å². The van der Waals surface area contributed by atoms with Crippen LogP contribution in [0.3, 0.4) is 0 Å². The van der Waals surface area contributed by atoms with E-state index in [-0.39, 0.29) is 0 Å². The van der Waals surface area contributed by atoms with Gasteiger partial charge in [-0.15, -0.1) is 0 Å². The van der Waals surface area contributed by atoms with Crippen LogP contribution in [-0.4, -0.2) is 28.2 Å². The Bertz CT molecular complexity index is 1030. The second-order valence-electron chi connectivity index (χ2n) is 8.48. The van der Waals surface area contributed by atoms with E-state index in [1.165, 1.54) is 6.42 Å². The summed E-state index contributed by atoms with van der Waals surface area (Å²) in [5.74, 6) is 4.44. The molecule has 6 nitrogen and oxygen atoms in total. The van der Waals surface area contributed by atoms with E-state index in [2.05, 4.69) is 34.4 Å². The van der Waals surface area contributed by atoms with Crippen LogP contribution in [-0.2, 0) is 6.54 Å². The number of hydrogen-bond acceptors (Lipinski definition) is 5. The fraction of sp³-hybridized carbons (Fsp3) is 0.375. The molecule has 2 N–H and O–H groups in total. The highest BCUT2D eigenvalue weighted by atomic mass is 32.1. The molecule has 0 amide bonds. The minimum atomic E-state index is 0.467. The molecular weight excluding hydrogens is 406 g/mol. The van der Waals surface area contributed by atoms with Gasteiger partial charge < -0.3 is 20.0 Å². The Morgan fingerprint density at radius 3 is 2.58 bits per heavy atom. The number of furan rings is 1.